The normalized spacial score (nSPS) is 11.2. The van der Waals surface area contributed by atoms with Crippen molar-refractivity contribution in [2.24, 2.45) is 0 Å². The van der Waals surface area contributed by atoms with Gasteiger partial charge in [-0.05, 0) is 24.3 Å². The first-order valence-electron chi connectivity index (χ1n) is 7.86. The average Bonchev–Trinajstić information content (AvgIpc) is 2.60. The van der Waals surface area contributed by atoms with Gasteiger partial charge in [0.25, 0.3) is 0 Å². The first-order valence-corrected chi connectivity index (χ1v) is 8.84. The van der Waals surface area contributed by atoms with Crippen molar-refractivity contribution in [2.75, 3.05) is 24.7 Å². The summed E-state index contributed by atoms with van der Waals surface area (Å²) in [5, 5.41) is 2.13. The fourth-order valence-corrected chi connectivity index (χ4v) is 3.04. The standard InChI is InChI=1S/C18H15F5N2O2S/c1-25(17(27)10-28-15-7-6-11(19)8-13(15)20)9-16(26)24-14-5-3-2-4-12(14)18(21,22)23/h2-8H,9-10H2,1H3,(H,24,26). The maximum atomic E-state index is 13.5. The monoisotopic (exact) mass is 418 g/mol. The molecule has 1 N–H and O–H groups in total. The van der Waals surface area contributed by atoms with Crippen LogP contribution < -0.4 is 5.32 Å². The van der Waals surface area contributed by atoms with E-state index in [1.165, 1.54) is 25.2 Å². The molecule has 0 heterocycles. The van der Waals surface area contributed by atoms with Crippen molar-refractivity contribution in [1.82, 2.24) is 4.90 Å². The lowest BCUT2D eigenvalue weighted by atomic mass is 10.1. The Bertz CT molecular complexity index is 873. The van der Waals surface area contributed by atoms with E-state index in [4.69, 9.17) is 0 Å². The Balaban J connectivity index is 1.92. The summed E-state index contributed by atoms with van der Waals surface area (Å²) in [5.74, 6) is -3.16. The molecule has 0 spiro atoms. The van der Waals surface area contributed by atoms with Crippen LogP contribution in [0.2, 0.25) is 0 Å². The second kappa shape index (κ2) is 9.05. The van der Waals surface area contributed by atoms with Gasteiger partial charge in [-0.1, -0.05) is 12.1 Å². The zero-order valence-electron chi connectivity index (χ0n) is 14.5. The molecule has 10 heteroatoms. The predicted octanol–water partition coefficient (Wildman–Crippen LogP) is 4.17. The van der Waals surface area contributed by atoms with Gasteiger partial charge >= 0.3 is 6.18 Å². The number of anilines is 1. The summed E-state index contributed by atoms with van der Waals surface area (Å²) in [4.78, 5) is 25.1. The second-order valence-electron chi connectivity index (χ2n) is 5.70. The Kier molecular flexibility index (Phi) is 7.00. The molecule has 0 radical (unpaired) electrons. The molecule has 0 aliphatic rings. The molecule has 2 rings (SSSR count). The zero-order chi connectivity index (χ0) is 20.9. The highest BCUT2D eigenvalue weighted by Gasteiger charge is 2.33. The molecule has 0 aliphatic heterocycles. The third-order valence-electron chi connectivity index (χ3n) is 3.56. The number of amides is 2. The minimum absolute atomic E-state index is 0.0618. The summed E-state index contributed by atoms with van der Waals surface area (Å²) in [6.07, 6.45) is -4.64. The molecule has 0 saturated carbocycles. The van der Waals surface area contributed by atoms with E-state index in [9.17, 15) is 31.5 Å². The van der Waals surface area contributed by atoms with Gasteiger partial charge in [-0.15, -0.1) is 11.8 Å². The quantitative estimate of drug-likeness (QED) is 0.566. The van der Waals surface area contributed by atoms with E-state index in [2.05, 4.69) is 5.32 Å². The number of thioether (sulfide) groups is 1. The van der Waals surface area contributed by atoms with Crippen LogP contribution in [0.15, 0.2) is 47.4 Å². The summed E-state index contributed by atoms with van der Waals surface area (Å²) < 4.78 is 65.2. The largest absolute Gasteiger partial charge is 0.418 e. The molecule has 2 amide bonds. The fourth-order valence-electron chi connectivity index (χ4n) is 2.17. The Morgan fingerprint density at radius 3 is 2.43 bits per heavy atom. The average molecular weight is 418 g/mol. The molecule has 4 nitrogen and oxygen atoms in total. The number of hydrogen-bond donors (Lipinski definition) is 1. The maximum absolute atomic E-state index is 13.5. The highest BCUT2D eigenvalue weighted by Crippen LogP contribution is 2.34. The topological polar surface area (TPSA) is 49.4 Å². The number of carbonyl (C=O) groups is 2. The lowest BCUT2D eigenvalue weighted by Crippen LogP contribution is -2.36. The second-order valence-corrected chi connectivity index (χ2v) is 6.72. The first-order chi connectivity index (χ1) is 13.1. The van der Waals surface area contributed by atoms with E-state index in [0.29, 0.717) is 6.07 Å². The van der Waals surface area contributed by atoms with Gasteiger partial charge in [-0.3, -0.25) is 9.59 Å². The Morgan fingerprint density at radius 1 is 1.11 bits per heavy atom. The highest BCUT2D eigenvalue weighted by atomic mass is 32.2. The number of benzene rings is 2. The van der Waals surface area contributed by atoms with E-state index in [0.717, 1.165) is 34.9 Å². The highest BCUT2D eigenvalue weighted by molar-refractivity contribution is 8.00. The van der Waals surface area contributed by atoms with Crippen LogP contribution >= 0.6 is 11.8 Å². The number of carbonyl (C=O) groups excluding carboxylic acids is 2. The molecule has 0 bridgehead atoms. The van der Waals surface area contributed by atoms with Gasteiger partial charge in [-0.2, -0.15) is 13.2 Å². The van der Waals surface area contributed by atoms with E-state index >= 15 is 0 Å². The number of alkyl halides is 3. The van der Waals surface area contributed by atoms with Crippen molar-refractivity contribution < 1.29 is 31.5 Å². The van der Waals surface area contributed by atoms with Crippen molar-refractivity contribution in [2.45, 2.75) is 11.1 Å². The maximum Gasteiger partial charge on any atom is 0.418 e. The molecule has 2 aromatic rings. The van der Waals surface area contributed by atoms with Gasteiger partial charge < -0.3 is 10.2 Å². The van der Waals surface area contributed by atoms with Crippen molar-refractivity contribution in [3.63, 3.8) is 0 Å². The minimum Gasteiger partial charge on any atom is -0.336 e. The lowest BCUT2D eigenvalue weighted by molar-refractivity contribution is -0.137. The molecule has 0 saturated heterocycles. The van der Waals surface area contributed by atoms with Crippen molar-refractivity contribution in [1.29, 1.82) is 0 Å². The Labute approximate surface area is 161 Å². The summed E-state index contributed by atoms with van der Waals surface area (Å²) in [6, 6.07) is 7.39. The number of nitrogens with zero attached hydrogens (tertiary/aromatic N) is 1. The number of hydrogen-bond acceptors (Lipinski definition) is 3. The van der Waals surface area contributed by atoms with Gasteiger partial charge in [0, 0.05) is 18.0 Å². The molecule has 28 heavy (non-hydrogen) atoms. The molecule has 150 valence electrons. The van der Waals surface area contributed by atoms with Crippen molar-refractivity contribution >= 4 is 29.3 Å². The van der Waals surface area contributed by atoms with Gasteiger partial charge in [0.05, 0.1) is 23.5 Å². The van der Waals surface area contributed by atoms with Crippen LogP contribution in [0.3, 0.4) is 0 Å². The molecule has 0 aromatic heterocycles. The van der Waals surface area contributed by atoms with Crippen LogP contribution in [0.1, 0.15) is 5.56 Å². The van der Waals surface area contributed by atoms with Gasteiger partial charge in [0.2, 0.25) is 11.8 Å². The molecule has 0 aliphatic carbocycles. The number of rotatable bonds is 6. The van der Waals surface area contributed by atoms with Crippen LogP contribution in [-0.2, 0) is 15.8 Å². The van der Waals surface area contributed by atoms with Crippen LogP contribution in [0.5, 0.6) is 0 Å². The smallest absolute Gasteiger partial charge is 0.336 e. The molecule has 0 atom stereocenters. The summed E-state index contributed by atoms with van der Waals surface area (Å²) in [6.45, 7) is -0.489. The fraction of sp³-hybridized carbons (Fsp3) is 0.222. The van der Waals surface area contributed by atoms with Gasteiger partial charge in [0.15, 0.2) is 0 Å². The predicted molar refractivity (Wildman–Crippen MR) is 94.8 cm³/mol. The molecular formula is C18H15F5N2O2S. The molecular weight excluding hydrogens is 403 g/mol. The third-order valence-corrected chi connectivity index (χ3v) is 4.59. The van der Waals surface area contributed by atoms with Crippen molar-refractivity contribution in [3.8, 4) is 0 Å². The first kappa shape index (κ1) is 21.7. The SMILES string of the molecule is CN(CC(=O)Nc1ccccc1C(F)(F)F)C(=O)CSc1ccc(F)cc1F. The molecule has 0 unspecified atom stereocenters. The van der Waals surface area contributed by atoms with Crippen LogP contribution in [-0.4, -0.2) is 36.1 Å². The Hall–Kier alpha value is -2.62. The number of nitrogens with one attached hydrogen (secondary N) is 1. The summed E-state index contributed by atoms with van der Waals surface area (Å²) in [5.41, 5.74) is -1.41. The van der Waals surface area contributed by atoms with Crippen LogP contribution in [0, 0.1) is 11.6 Å². The lowest BCUT2D eigenvalue weighted by Gasteiger charge is -2.18. The number of halogens is 5. The number of likely N-dealkylation sites (N-methyl/N-ethyl adjacent to an activating group) is 1. The minimum atomic E-state index is -4.64. The van der Waals surface area contributed by atoms with E-state index in [-0.39, 0.29) is 10.6 Å². The van der Waals surface area contributed by atoms with Gasteiger partial charge in [-0.25, -0.2) is 8.78 Å². The zero-order valence-corrected chi connectivity index (χ0v) is 15.3. The summed E-state index contributed by atoms with van der Waals surface area (Å²) in [7, 11) is 1.29. The molecule has 2 aromatic carbocycles. The number of para-hydroxylation sites is 1. The Morgan fingerprint density at radius 2 is 1.79 bits per heavy atom. The van der Waals surface area contributed by atoms with Crippen LogP contribution in [0.4, 0.5) is 27.6 Å². The third kappa shape index (κ3) is 5.95. The van der Waals surface area contributed by atoms with E-state index in [1.807, 2.05) is 0 Å². The van der Waals surface area contributed by atoms with Crippen molar-refractivity contribution in [3.05, 3.63) is 59.7 Å². The summed E-state index contributed by atoms with van der Waals surface area (Å²) >= 11 is 0.816. The molecule has 0 fully saturated rings. The van der Waals surface area contributed by atoms with Gasteiger partial charge in [0.1, 0.15) is 11.6 Å². The van der Waals surface area contributed by atoms with Crippen LogP contribution in [0.25, 0.3) is 0 Å². The van der Waals surface area contributed by atoms with E-state index in [1.54, 1.807) is 0 Å². The van der Waals surface area contributed by atoms with E-state index < -0.39 is 47.4 Å².